The first-order valence-electron chi connectivity index (χ1n) is 9.59. The molecule has 146 valence electrons. The fraction of sp³-hybridized carbons (Fsp3) is 0.318. The van der Waals surface area contributed by atoms with Crippen LogP contribution in [0.1, 0.15) is 41.0 Å². The largest absolute Gasteiger partial charge is 0.786 e. The van der Waals surface area contributed by atoms with Crippen molar-refractivity contribution in [1.29, 1.82) is 0 Å². The first-order valence-corrected chi connectivity index (χ1v) is 10.7. The number of allylic oxidation sites excluding steroid dienone is 7. The lowest BCUT2D eigenvalue weighted by Gasteiger charge is -2.33. The van der Waals surface area contributed by atoms with Gasteiger partial charge in [-0.05, 0) is 52.7 Å². The van der Waals surface area contributed by atoms with Gasteiger partial charge in [-0.1, -0.05) is 48.6 Å². The van der Waals surface area contributed by atoms with Gasteiger partial charge in [0.15, 0.2) is 0 Å². The maximum absolute atomic E-state index is 11.9. The van der Waals surface area contributed by atoms with Crippen LogP contribution >= 0.6 is 8.60 Å². The second-order valence-corrected chi connectivity index (χ2v) is 7.97. The highest BCUT2D eigenvalue weighted by Crippen LogP contribution is 2.46. The van der Waals surface area contributed by atoms with Crippen molar-refractivity contribution in [2.45, 2.75) is 31.6 Å². The Kier molecular flexibility index (Phi) is 5.88. The predicted octanol–water partition coefficient (Wildman–Crippen LogP) is 2.81. The van der Waals surface area contributed by atoms with Crippen LogP contribution in [0.2, 0.25) is 0 Å². The Morgan fingerprint density at radius 3 is 3.04 bits per heavy atom. The quantitative estimate of drug-likeness (QED) is 0.523. The normalized spacial score (nSPS) is 19.6. The van der Waals surface area contributed by atoms with Gasteiger partial charge >= 0.3 is 0 Å². The molecular formula is C22H23NO4P-. The third kappa shape index (κ3) is 4.18. The van der Waals surface area contributed by atoms with Crippen LogP contribution in [-0.2, 0) is 22.2 Å². The SMILES string of the molecule is O=C(CCCc1cc2c3c(c1)CC=C1C=CC=C(C=C2)C13)NCCOP([O-])O. The van der Waals surface area contributed by atoms with E-state index in [0.29, 0.717) is 12.3 Å². The van der Waals surface area contributed by atoms with E-state index in [1.54, 1.807) is 0 Å². The van der Waals surface area contributed by atoms with Gasteiger partial charge in [-0.25, -0.2) is 0 Å². The summed E-state index contributed by atoms with van der Waals surface area (Å²) in [4.78, 5) is 30.8. The van der Waals surface area contributed by atoms with Gasteiger partial charge in [0.2, 0.25) is 5.91 Å². The number of carbonyl (C=O) groups excluding carboxylic acids is 1. The van der Waals surface area contributed by atoms with Crippen molar-refractivity contribution in [2.75, 3.05) is 13.2 Å². The third-order valence-electron chi connectivity index (χ3n) is 5.40. The molecule has 0 fully saturated rings. The van der Waals surface area contributed by atoms with Crippen molar-refractivity contribution in [2.24, 2.45) is 0 Å². The minimum absolute atomic E-state index is 0.0419. The molecule has 1 amide bonds. The number of hydrogen-bond acceptors (Lipinski definition) is 4. The number of hydrogen-bond donors (Lipinski definition) is 2. The van der Waals surface area contributed by atoms with E-state index in [1.165, 1.54) is 33.4 Å². The summed E-state index contributed by atoms with van der Waals surface area (Å²) in [5, 5.41) is 2.70. The summed E-state index contributed by atoms with van der Waals surface area (Å²) in [7, 11) is -2.60. The summed E-state index contributed by atoms with van der Waals surface area (Å²) in [5.74, 6) is 0.317. The molecule has 28 heavy (non-hydrogen) atoms. The average molecular weight is 396 g/mol. The molecule has 0 heterocycles. The van der Waals surface area contributed by atoms with Crippen LogP contribution in [0.4, 0.5) is 0 Å². The molecule has 2 unspecified atom stereocenters. The molecule has 1 aromatic rings. The molecule has 0 aromatic heterocycles. The molecule has 2 atom stereocenters. The number of rotatable bonds is 8. The summed E-state index contributed by atoms with van der Waals surface area (Å²) in [6, 6.07) is 4.56. The van der Waals surface area contributed by atoms with Crippen molar-refractivity contribution in [1.82, 2.24) is 5.32 Å². The van der Waals surface area contributed by atoms with E-state index in [9.17, 15) is 9.69 Å². The molecule has 6 heteroatoms. The van der Waals surface area contributed by atoms with E-state index in [4.69, 9.17) is 4.89 Å². The highest BCUT2D eigenvalue weighted by atomic mass is 31.2. The lowest BCUT2D eigenvalue weighted by atomic mass is 9.70. The van der Waals surface area contributed by atoms with Crippen LogP contribution in [0.15, 0.2) is 53.7 Å². The van der Waals surface area contributed by atoms with Gasteiger partial charge in [-0.3, -0.25) is 4.79 Å². The standard InChI is InChI=1S/C22H23NO4P/c24-20(23-11-12-27-28(25)26)6-1-3-15-13-18-9-7-16-4-2-5-17-8-10-19(14-15)22(18)21(16)17/h2,4-5,7-9,13-14,21,25H,1,3,6,10-12H2,(H,23,24)/q-1. The molecule has 0 radical (unpaired) electrons. The van der Waals surface area contributed by atoms with Crippen molar-refractivity contribution in [3.63, 3.8) is 0 Å². The minimum atomic E-state index is -2.60. The first-order chi connectivity index (χ1) is 13.6. The van der Waals surface area contributed by atoms with Gasteiger partial charge in [-0.15, -0.1) is 0 Å². The maximum Gasteiger partial charge on any atom is 0.220 e. The second-order valence-electron chi connectivity index (χ2n) is 7.23. The van der Waals surface area contributed by atoms with Crippen LogP contribution in [0.3, 0.4) is 0 Å². The Hall–Kier alpha value is -2.04. The lowest BCUT2D eigenvalue weighted by Crippen LogP contribution is -2.27. The molecule has 0 aliphatic heterocycles. The Balaban J connectivity index is 1.35. The number of nitrogens with one attached hydrogen (secondary N) is 1. The number of carbonyl (C=O) groups is 1. The van der Waals surface area contributed by atoms with E-state index < -0.39 is 8.60 Å². The Morgan fingerprint density at radius 1 is 1.29 bits per heavy atom. The lowest BCUT2D eigenvalue weighted by molar-refractivity contribution is -0.199. The molecule has 1 aromatic carbocycles. The van der Waals surface area contributed by atoms with Gasteiger partial charge in [0.25, 0.3) is 0 Å². The fourth-order valence-electron chi connectivity index (χ4n) is 4.20. The van der Waals surface area contributed by atoms with E-state index in [2.05, 4.69) is 58.4 Å². The van der Waals surface area contributed by atoms with Gasteiger partial charge in [0, 0.05) is 18.9 Å². The Morgan fingerprint density at radius 2 is 2.18 bits per heavy atom. The number of aryl methyl sites for hydroxylation is 1. The first kappa shape index (κ1) is 19.3. The molecule has 0 saturated heterocycles. The van der Waals surface area contributed by atoms with Crippen LogP contribution in [0.25, 0.3) is 6.08 Å². The summed E-state index contributed by atoms with van der Waals surface area (Å²) >= 11 is 0. The van der Waals surface area contributed by atoms with Crippen LogP contribution in [0.5, 0.6) is 0 Å². The van der Waals surface area contributed by atoms with E-state index >= 15 is 0 Å². The highest BCUT2D eigenvalue weighted by Gasteiger charge is 2.30. The van der Waals surface area contributed by atoms with Crippen LogP contribution in [-0.4, -0.2) is 24.0 Å². The molecule has 4 rings (SSSR count). The fourth-order valence-corrected chi connectivity index (χ4v) is 4.45. The van der Waals surface area contributed by atoms with Gasteiger partial charge in [-0.2, -0.15) is 0 Å². The van der Waals surface area contributed by atoms with Crippen molar-refractivity contribution >= 4 is 20.6 Å². The monoisotopic (exact) mass is 396 g/mol. The predicted molar refractivity (Wildman–Crippen MR) is 108 cm³/mol. The maximum atomic E-state index is 11.9. The molecule has 5 nitrogen and oxygen atoms in total. The summed E-state index contributed by atoms with van der Waals surface area (Å²) in [5.41, 5.74) is 8.17. The van der Waals surface area contributed by atoms with E-state index in [-0.39, 0.29) is 19.1 Å². The average Bonchev–Trinajstić information content (AvgIpc) is 2.69. The molecule has 0 saturated carbocycles. The smallest absolute Gasteiger partial charge is 0.220 e. The van der Waals surface area contributed by atoms with E-state index in [1.807, 2.05) is 0 Å². The van der Waals surface area contributed by atoms with Crippen molar-refractivity contribution < 1.29 is 19.1 Å². The zero-order valence-corrected chi connectivity index (χ0v) is 16.5. The van der Waals surface area contributed by atoms with Gasteiger partial charge in [0.1, 0.15) is 0 Å². The number of benzene rings is 1. The Labute approximate surface area is 166 Å². The number of amides is 1. The second kappa shape index (κ2) is 8.54. The topological polar surface area (TPSA) is 81.6 Å². The van der Waals surface area contributed by atoms with Gasteiger partial charge in [0.05, 0.1) is 15.2 Å². The molecule has 0 bridgehead atoms. The molecular weight excluding hydrogens is 373 g/mol. The van der Waals surface area contributed by atoms with Crippen LogP contribution < -0.4 is 10.2 Å². The summed E-state index contributed by atoms with van der Waals surface area (Å²) in [6.45, 7) is 0.287. The summed E-state index contributed by atoms with van der Waals surface area (Å²) < 4.78 is 4.52. The molecule has 2 N–H and O–H groups in total. The zero-order valence-electron chi connectivity index (χ0n) is 15.6. The molecule has 3 aliphatic carbocycles. The molecule has 3 aliphatic rings. The van der Waals surface area contributed by atoms with Gasteiger partial charge < -0.3 is 19.6 Å². The van der Waals surface area contributed by atoms with E-state index in [0.717, 1.165) is 19.3 Å². The van der Waals surface area contributed by atoms with Crippen LogP contribution in [0, 0.1) is 0 Å². The summed E-state index contributed by atoms with van der Waals surface area (Å²) in [6.07, 6.45) is 16.3. The van der Waals surface area contributed by atoms with Crippen molar-refractivity contribution in [3.05, 3.63) is 75.9 Å². The third-order valence-corrected chi connectivity index (χ3v) is 5.80. The highest BCUT2D eigenvalue weighted by molar-refractivity contribution is 7.37. The minimum Gasteiger partial charge on any atom is -0.786 e. The van der Waals surface area contributed by atoms with Crippen molar-refractivity contribution in [3.8, 4) is 0 Å². The Bertz CT molecular complexity index is 898. The molecule has 0 spiro atoms. The zero-order chi connectivity index (χ0) is 19.5.